The van der Waals surface area contributed by atoms with Crippen LogP contribution < -0.4 is 0 Å². The summed E-state index contributed by atoms with van der Waals surface area (Å²) in [6, 6.07) is 0.678. The molecule has 19 heavy (non-hydrogen) atoms. The Bertz CT molecular complexity index is 146. The van der Waals surface area contributed by atoms with Gasteiger partial charge >= 0.3 is 19.5 Å². The van der Waals surface area contributed by atoms with Crippen LogP contribution in [0.2, 0.25) is 0 Å². The molecule has 0 aliphatic heterocycles. The van der Waals surface area contributed by atoms with Crippen LogP contribution in [0.5, 0.6) is 0 Å². The van der Waals surface area contributed by atoms with Crippen molar-refractivity contribution in [2.24, 2.45) is 0 Å². The number of nitrogens with zero attached hydrogens (tertiary/aromatic N) is 2. The van der Waals surface area contributed by atoms with Crippen molar-refractivity contribution in [3.8, 4) is 0 Å². The molecule has 0 heterocycles. The van der Waals surface area contributed by atoms with Gasteiger partial charge in [-0.25, -0.2) is 0 Å². The third-order valence-corrected chi connectivity index (χ3v) is 3.04. The molecule has 0 unspecified atom stereocenters. The third-order valence-electron chi connectivity index (χ3n) is 3.04. The predicted molar refractivity (Wildman–Crippen MR) is 84.7 cm³/mol. The minimum atomic E-state index is 0. The average Bonchev–Trinajstić information content (AvgIpc) is 2.36. The molecule has 0 atom stereocenters. The first kappa shape index (κ1) is 24.6. The van der Waals surface area contributed by atoms with E-state index in [-0.39, 0.29) is 19.5 Å². The van der Waals surface area contributed by atoms with E-state index in [1.165, 1.54) is 19.5 Å². The molecular weight excluding hydrogens is 286 g/mol. The molecule has 0 aromatic rings. The molecule has 0 bridgehead atoms. The van der Waals surface area contributed by atoms with E-state index in [9.17, 15) is 0 Å². The summed E-state index contributed by atoms with van der Waals surface area (Å²) in [5.74, 6) is 0. The van der Waals surface area contributed by atoms with Crippen LogP contribution in [0.25, 0.3) is 0 Å². The van der Waals surface area contributed by atoms with Gasteiger partial charge in [0.25, 0.3) is 0 Å². The molecule has 0 aromatic heterocycles. The SMILES string of the molecule is [CH2-]CCN(CC)C(C)C.[CH2-]CCN(CC)CCC.[Zn+2]. The van der Waals surface area contributed by atoms with Crippen LogP contribution >= 0.6 is 0 Å². The Morgan fingerprint density at radius 1 is 0.842 bits per heavy atom. The number of hydrogen-bond acceptors (Lipinski definition) is 2. The van der Waals surface area contributed by atoms with E-state index in [4.69, 9.17) is 0 Å². The summed E-state index contributed by atoms with van der Waals surface area (Å²) in [5.41, 5.74) is 0. The first-order valence-corrected chi connectivity index (χ1v) is 7.62. The maximum atomic E-state index is 3.81. The molecule has 0 fully saturated rings. The topological polar surface area (TPSA) is 6.48 Å². The summed E-state index contributed by atoms with van der Waals surface area (Å²) in [6.07, 6.45) is 3.31. The Balaban J connectivity index is -0.000000256. The van der Waals surface area contributed by atoms with Crippen molar-refractivity contribution in [1.29, 1.82) is 0 Å². The zero-order chi connectivity index (χ0) is 14.4. The minimum absolute atomic E-state index is 0. The zero-order valence-electron chi connectivity index (χ0n) is 14.2. The Labute approximate surface area is 136 Å². The van der Waals surface area contributed by atoms with Gasteiger partial charge in [-0.05, 0) is 53.0 Å². The normalized spacial score (nSPS) is 10.4. The van der Waals surface area contributed by atoms with Crippen molar-refractivity contribution in [1.82, 2.24) is 9.80 Å². The molecule has 0 amide bonds. The number of hydrogen-bond donors (Lipinski definition) is 0. The van der Waals surface area contributed by atoms with Gasteiger partial charge < -0.3 is 23.6 Å². The fourth-order valence-electron chi connectivity index (χ4n) is 1.95. The van der Waals surface area contributed by atoms with E-state index >= 15 is 0 Å². The molecule has 0 radical (unpaired) electrons. The van der Waals surface area contributed by atoms with Gasteiger partial charge in [0.15, 0.2) is 0 Å². The van der Waals surface area contributed by atoms with Gasteiger partial charge in [-0.3, -0.25) is 0 Å². The summed E-state index contributed by atoms with van der Waals surface area (Å²) in [6.45, 7) is 24.5. The largest absolute Gasteiger partial charge is 2.00 e. The van der Waals surface area contributed by atoms with Crippen molar-refractivity contribution in [2.45, 2.75) is 59.9 Å². The Morgan fingerprint density at radius 2 is 1.37 bits per heavy atom. The fraction of sp³-hybridized carbons (Fsp3) is 0.875. The van der Waals surface area contributed by atoms with Crippen molar-refractivity contribution in [3.05, 3.63) is 13.8 Å². The van der Waals surface area contributed by atoms with E-state index in [1.54, 1.807) is 0 Å². The second-order valence-corrected chi connectivity index (χ2v) is 4.86. The van der Waals surface area contributed by atoms with E-state index in [1.807, 2.05) is 0 Å². The molecule has 0 spiro atoms. The monoisotopic (exact) mass is 320 g/mol. The summed E-state index contributed by atoms with van der Waals surface area (Å²) < 4.78 is 0. The first-order valence-electron chi connectivity index (χ1n) is 7.62. The van der Waals surface area contributed by atoms with Gasteiger partial charge in [0.05, 0.1) is 0 Å². The molecule has 3 heteroatoms. The second kappa shape index (κ2) is 18.5. The Morgan fingerprint density at radius 3 is 1.58 bits per heavy atom. The predicted octanol–water partition coefficient (Wildman–Crippen LogP) is 3.88. The van der Waals surface area contributed by atoms with Crippen LogP contribution in [0.15, 0.2) is 0 Å². The van der Waals surface area contributed by atoms with Gasteiger partial charge in [-0.2, -0.15) is 12.8 Å². The summed E-state index contributed by atoms with van der Waals surface area (Å²) in [7, 11) is 0. The molecule has 0 saturated heterocycles. The Hall–Kier alpha value is 0.543. The molecule has 0 aliphatic carbocycles. The molecule has 2 nitrogen and oxygen atoms in total. The van der Waals surface area contributed by atoms with E-state index in [0.29, 0.717) is 6.04 Å². The Kier molecular flexibility index (Phi) is 24.0. The maximum absolute atomic E-state index is 3.81. The quantitative estimate of drug-likeness (QED) is 0.470. The summed E-state index contributed by atoms with van der Waals surface area (Å²) in [5, 5.41) is 0. The molecule has 0 aliphatic rings. The van der Waals surface area contributed by atoms with Crippen LogP contribution in [0.1, 0.15) is 53.9 Å². The summed E-state index contributed by atoms with van der Waals surface area (Å²) >= 11 is 0. The van der Waals surface area contributed by atoms with Gasteiger partial charge in [-0.1, -0.05) is 20.8 Å². The molecule has 0 aromatic carbocycles. The third kappa shape index (κ3) is 16.5. The van der Waals surface area contributed by atoms with E-state index in [0.717, 1.165) is 32.5 Å². The van der Waals surface area contributed by atoms with Crippen molar-refractivity contribution in [2.75, 3.05) is 32.7 Å². The van der Waals surface area contributed by atoms with Crippen molar-refractivity contribution < 1.29 is 19.5 Å². The molecule has 0 rings (SSSR count). The van der Waals surface area contributed by atoms with Gasteiger partial charge in [-0.15, -0.1) is 0 Å². The molecule has 0 saturated carbocycles. The van der Waals surface area contributed by atoms with Gasteiger partial charge in [0.1, 0.15) is 0 Å². The summed E-state index contributed by atoms with van der Waals surface area (Å²) in [4.78, 5) is 4.83. The maximum Gasteiger partial charge on any atom is 2.00 e. The fourth-order valence-corrected chi connectivity index (χ4v) is 1.95. The average molecular weight is 322 g/mol. The van der Waals surface area contributed by atoms with Crippen LogP contribution in [0, 0.1) is 13.8 Å². The van der Waals surface area contributed by atoms with Crippen molar-refractivity contribution in [3.63, 3.8) is 0 Å². The molecular formula is C16H36N2Zn. The number of rotatable bonds is 9. The molecule has 112 valence electrons. The van der Waals surface area contributed by atoms with Crippen molar-refractivity contribution >= 4 is 0 Å². The molecule has 0 N–H and O–H groups in total. The zero-order valence-corrected chi connectivity index (χ0v) is 17.2. The van der Waals surface area contributed by atoms with E-state index < -0.39 is 0 Å². The standard InChI is InChI=1S/2C8H18N.Zn/c1-5-7-9(6-2)8(3)4;1-4-7-9(6-3)8-5-2;/h8H,1,5-7H2,2-4H3;1,4-8H2,2-3H3;/q2*-1;+2. The minimum Gasteiger partial charge on any atom is -0.342 e. The van der Waals surface area contributed by atoms with Gasteiger partial charge in [0, 0.05) is 6.04 Å². The second-order valence-electron chi connectivity index (χ2n) is 4.86. The van der Waals surface area contributed by atoms with Crippen LogP contribution in [-0.4, -0.2) is 48.6 Å². The first-order chi connectivity index (χ1) is 8.56. The smallest absolute Gasteiger partial charge is 0.342 e. The van der Waals surface area contributed by atoms with Gasteiger partial charge in [0.2, 0.25) is 0 Å². The van der Waals surface area contributed by atoms with Crippen LogP contribution in [0.4, 0.5) is 0 Å². The van der Waals surface area contributed by atoms with Crippen LogP contribution in [-0.2, 0) is 19.5 Å². The van der Waals surface area contributed by atoms with E-state index in [2.05, 4.69) is 58.3 Å². The van der Waals surface area contributed by atoms with Crippen LogP contribution in [0.3, 0.4) is 0 Å².